The van der Waals surface area contributed by atoms with E-state index in [-0.39, 0.29) is 5.75 Å². The number of phenolic OH excluding ortho intramolecular Hbond substituents is 1. The summed E-state index contributed by atoms with van der Waals surface area (Å²) in [5.41, 5.74) is 8.99. The molecule has 4 heteroatoms. The van der Waals surface area contributed by atoms with Gasteiger partial charge in [0.15, 0.2) is 0 Å². The lowest BCUT2D eigenvalue weighted by molar-refractivity contribution is 0.473. The SMILES string of the molecule is CC.CC.CCCCCCC(C)CC.Cc1cc(C)c(C2=NCC=C(N)N=C2)c(O)c1. The van der Waals surface area contributed by atoms with Crippen LogP contribution in [0, 0.1) is 19.8 Å². The molecular weight excluding hydrogens is 382 g/mol. The monoisotopic (exact) mass is 431 g/mol. The van der Waals surface area contributed by atoms with Gasteiger partial charge in [0, 0.05) is 5.56 Å². The standard InChI is InChI=1S/C13H15N3O.C10H22.2C2H6/c1-8-5-9(2)13(11(17)6-8)10-7-16-12(14)3-4-15-10;1-4-6-7-8-9-10(3)5-2;2*1-2/h3,5-7,17H,4,14H2,1-2H3;10H,4-9H2,1-3H3;2*1-2H3. The molecule has 3 N–H and O–H groups in total. The Kier molecular flexibility index (Phi) is 19.9. The lowest BCUT2D eigenvalue weighted by atomic mass is 10.0. The Labute approximate surface area is 192 Å². The zero-order valence-corrected chi connectivity index (χ0v) is 21.8. The number of rotatable bonds is 7. The number of aliphatic imine (C=N–C) groups is 2. The molecule has 178 valence electrons. The fourth-order valence-corrected chi connectivity index (χ4v) is 3.01. The summed E-state index contributed by atoms with van der Waals surface area (Å²) in [6.07, 6.45) is 11.8. The highest BCUT2D eigenvalue weighted by Gasteiger charge is 2.12. The van der Waals surface area contributed by atoms with E-state index in [1.165, 1.54) is 38.5 Å². The van der Waals surface area contributed by atoms with Crippen molar-refractivity contribution >= 4 is 11.9 Å². The zero-order valence-electron chi connectivity index (χ0n) is 21.8. The van der Waals surface area contributed by atoms with Crippen molar-refractivity contribution in [3.8, 4) is 5.75 Å². The number of benzene rings is 1. The third-order valence-electron chi connectivity index (χ3n) is 4.86. The molecule has 1 atom stereocenters. The maximum Gasteiger partial charge on any atom is 0.125 e. The van der Waals surface area contributed by atoms with Gasteiger partial charge >= 0.3 is 0 Å². The molecule has 0 spiro atoms. The first-order valence-electron chi connectivity index (χ1n) is 12.2. The Morgan fingerprint density at radius 3 is 2.23 bits per heavy atom. The summed E-state index contributed by atoms with van der Waals surface area (Å²) in [5, 5.41) is 9.99. The lowest BCUT2D eigenvalue weighted by Crippen LogP contribution is -2.06. The van der Waals surface area contributed by atoms with E-state index in [2.05, 4.69) is 30.8 Å². The number of nitrogens with two attached hydrogens (primary N) is 1. The quantitative estimate of drug-likeness (QED) is 0.433. The van der Waals surface area contributed by atoms with Gasteiger partial charge in [0.05, 0.1) is 18.5 Å². The van der Waals surface area contributed by atoms with Crippen LogP contribution in [0.2, 0.25) is 0 Å². The van der Waals surface area contributed by atoms with E-state index in [9.17, 15) is 5.11 Å². The molecule has 0 bridgehead atoms. The molecule has 1 unspecified atom stereocenters. The van der Waals surface area contributed by atoms with Crippen LogP contribution in [0.25, 0.3) is 0 Å². The van der Waals surface area contributed by atoms with Gasteiger partial charge in [-0.05, 0) is 43.0 Å². The highest BCUT2D eigenvalue weighted by molar-refractivity contribution is 6.39. The van der Waals surface area contributed by atoms with Crippen LogP contribution in [-0.4, -0.2) is 23.6 Å². The first-order chi connectivity index (χ1) is 14.9. The zero-order chi connectivity index (χ0) is 24.2. The average molecular weight is 432 g/mol. The molecule has 4 nitrogen and oxygen atoms in total. The summed E-state index contributed by atoms with van der Waals surface area (Å²) in [4.78, 5) is 8.40. The predicted molar refractivity (Wildman–Crippen MR) is 141 cm³/mol. The molecule has 1 heterocycles. The summed E-state index contributed by atoms with van der Waals surface area (Å²) in [6, 6.07) is 3.73. The Morgan fingerprint density at radius 2 is 1.68 bits per heavy atom. The van der Waals surface area contributed by atoms with E-state index >= 15 is 0 Å². The topological polar surface area (TPSA) is 71.0 Å². The van der Waals surface area contributed by atoms with Gasteiger partial charge in [0.25, 0.3) is 0 Å². The van der Waals surface area contributed by atoms with Crippen LogP contribution in [0.15, 0.2) is 34.0 Å². The van der Waals surface area contributed by atoms with Crippen molar-refractivity contribution in [2.24, 2.45) is 21.6 Å². The molecule has 0 aliphatic carbocycles. The molecule has 1 aromatic carbocycles. The molecule has 0 amide bonds. The highest BCUT2D eigenvalue weighted by Crippen LogP contribution is 2.24. The molecule has 0 radical (unpaired) electrons. The maximum atomic E-state index is 9.99. The number of hydrogen-bond acceptors (Lipinski definition) is 4. The van der Waals surface area contributed by atoms with E-state index in [4.69, 9.17) is 5.73 Å². The Balaban J connectivity index is 0. The molecular formula is C27H49N3O. The van der Waals surface area contributed by atoms with Gasteiger partial charge in [-0.2, -0.15) is 0 Å². The van der Waals surface area contributed by atoms with Crippen molar-refractivity contribution in [2.75, 3.05) is 6.54 Å². The second kappa shape index (κ2) is 19.8. The third kappa shape index (κ3) is 13.7. The molecule has 0 aromatic heterocycles. The summed E-state index contributed by atoms with van der Waals surface area (Å²) in [6.45, 7) is 19.3. The highest BCUT2D eigenvalue weighted by atomic mass is 16.3. The number of phenols is 1. The van der Waals surface area contributed by atoms with E-state index in [1.807, 2.05) is 47.6 Å². The normalized spacial score (nSPS) is 13.1. The summed E-state index contributed by atoms with van der Waals surface area (Å²) >= 11 is 0. The van der Waals surface area contributed by atoms with E-state index in [0.29, 0.717) is 18.1 Å². The maximum absolute atomic E-state index is 9.99. The number of nitrogens with zero attached hydrogens (tertiary/aromatic N) is 2. The van der Waals surface area contributed by atoms with Crippen molar-refractivity contribution in [3.05, 3.63) is 40.7 Å². The van der Waals surface area contributed by atoms with Crippen LogP contribution in [0.4, 0.5) is 0 Å². The molecule has 0 fully saturated rings. The van der Waals surface area contributed by atoms with Crippen LogP contribution in [0.1, 0.15) is 104 Å². The van der Waals surface area contributed by atoms with Crippen molar-refractivity contribution in [1.82, 2.24) is 0 Å². The minimum Gasteiger partial charge on any atom is -0.507 e. The van der Waals surface area contributed by atoms with E-state index < -0.39 is 0 Å². The molecule has 1 aliphatic heterocycles. The molecule has 1 aromatic rings. The molecule has 1 aliphatic rings. The first-order valence-corrected chi connectivity index (χ1v) is 12.2. The van der Waals surface area contributed by atoms with Gasteiger partial charge in [-0.3, -0.25) is 4.99 Å². The summed E-state index contributed by atoms with van der Waals surface area (Å²) in [5.74, 6) is 1.64. The number of aryl methyl sites for hydroxylation is 2. The molecule has 0 saturated carbocycles. The number of aromatic hydroxyl groups is 1. The first kappa shape index (κ1) is 31.1. The van der Waals surface area contributed by atoms with Crippen LogP contribution >= 0.6 is 0 Å². The summed E-state index contributed by atoms with van der Waals surface area (Å²) < 4.78 is 0. The average Bonchev–Trinajstić information content (AvgIpc) is 2.98. The molecule has 31 heavy (non-hydrogen) atoms. The van der Waals surface area contributed by atoms with Gasteiger partial charge in [-0.15, -0.1) is 0 Å². The van der Waals surface area contributed by atoms with Crippen molar-refractivity contribution < 1.29 is 5.11 Å². The number of unbranched alkanes of at least 4 members (excludes halogenated alkanes) is 3. The van der Waals surface area contributed by atoms with Crippen LogP contribution < -0.4 is 5.73 Å². The second-order valence-corrected chi connectivity index (χ2v) is 7.45. The van der Waals surface area contributed by atoms with Gasteiger partial charge in [-0.25, -0.2) is 4.99 Å². The van der Waals surface area contributed by atoms with Gasteiger partial charge in [0.2, 0.25) is 0 Å². The summed E-state index contributed by atoms with van der Waals surface area (Å²) in [7, 11) is 0. The fraction of sp³-hybridized carbons (Fsp3) is 0.630. The van der Waals surface area contributed by atoms with Crippen LogP contribution in [0.3, 0.4) is 0 Å². The van der Waals surface area contributed by atoms with Gasteiger partial charge in [-0.1, -0.05) is 93.1 Å². The van der Waals surface area contributed by atoms with Crippen molar-refractivity contribution in [1.29, 1.82) is 0 Å². The Hall–Kier alpha value is -2.10. The largest absolute Gasteiger partial charge is 0.507 e. The van der Waals surface area contributed by atoms with E-state index in [0.717, 1.165) is 22.6 Å². The van der Waals surface area contributed by atoms with Crippen LogP contribution in [0.5, 0.6) is 5.75 Å². The predicted octanol–water partition coefficient (Wildman–Crippen LogP) is 7.74. The molecule has 2 rings (SSSR count). The Bertz CT molecular complexity index is 652. The minimum atomic E-state index is 0.230. The van der Waals surface area contributed by atoms with Gasteiger partial charge < -0.3 is 10.8 Å². The third-order valence-corrected chi connectivity index (χ3v) is 4.86. The van der Waals surface area contributed by atoms with Crippen molar-refractivity contribution in [2.45, 2.75) is 101 Å². The lowest BCUT2D eigenvalue weighted by Gasteiger charge is -2.09. The Morgan fingerprint density at radius 1 is 1.03 bits per heavy atom. The van der Waals surface area contributed by atoms with E-state index in [1.54, 1.807) is 18.4 Å². The minimum absolute atomic E-state index is 0.230. The van der Waals surface area contributed by atoms with Crippen LogP contribution in [-0.2, 0) is 0 Å². The fourth-order valence-electron chi connectivity index (χ4n) is 3.01. The molecule has 0 saturated heterocycles. The van der Waals surface area contributed by atoms with Crippen molar-refractivity contribution in [3.63, 3.8) is 0 Å². The smallest absolute Gasteiger partial charge is 0.125 e. The van der Waals surface area contributed by atoms with Gasteiger partial charge in [0.1, 0.15) is 11.6 Å². The number of hydrogen-bond donors (Lipinski definition) is 2. The second-order valence-electron chi connectivity index (χ2n) is 7.45.